The van der Waals surface area contributed by atoms with E-state index in [1.54, 1.807) is 7.11 Å². The topological polar surface area (TPSA) is 46.5 Å². The number of carboxylic acids is 1. The molecule has 1 aromatic rings. The molecule has 1 aliphatic rings. The summed E-state index contributed by atoms with van der Waals surface area (Å²) in [6, 6.07) is 5.86. The highest BCUT2D eigenvalue weighted by atomic mass is 16.5. The van der Waals surface area contributed by atoms with E-state index in [1.807, 2.05) is 18.2 Å². The first-order valence-electron chi connectivity index (χ1n) is 5.31. The number of hydrogen-bond acceptors (Lipinski definition) is 2. The summed E-state index contributed by atoms with van der Waals surface area (Å²) in [4.78, 5) is 10.7. The zero-order valence-electron chi connectivity index (χ0n) is 9.19. The van der Waals surface area contributed by atoms with Gasteiger partial charge in [-0.25, -0.2) is 4.79 Å². The molecule has 0 amide bonds. The van der Waals surface area contributed by atoms with Crippen LogP contribution < -0.4 is 4.74 Å². The zero-order valence-corrected chi connectivity index (χ0v) is 9.19. The number of allylic oxidation sites excluding steroid dienone is 1. The van der Waals surface area contributed by atoms with Gasteiger partial charge in [-0.05, 0) is 48.1 Å². The van der Waals surface area contributed by atoms with Crippen LogP contribution in [0.5, 0.6) is 5.75 Å². The molecule has 0 unspecified atom stereocenters. The fourth-order valence-corrected chi connectivity index (χ4v) is 2.10. The summed E-state index contributed by atoms with van der Waals surface area (Å²) in [6.45, 7) is 0. The molecule has 84 valence electrons. The molecular weight excluding hydrogens is 204 g/mol. The van der Waals surface area contributed by atoms with Gasteiger partial charge in [-0.15, -0.1) is 0 Å². The number of rotatable bonds is 2. The second-order valence-electron chi connectivity index (χ2n) is 3.88. The molecular formula is C13H14O3. The molecule has 0 bridgehead atoms. The van der Waals surface area contributed by atoms with Crippen LogP contribution in [0.2, 0.25) is 0 Å². The first-order valence-corrected chi connectivity index (χ1v) is 5.31. The molecule has 2 rings (SSSR count). The minimum Gasteiger partial charge on any atom is -0.497 e. The monoisotopic (exact) mass is 218 g/mol. The molecule has 0 spiro atoms. The van der Waals surface area contributed by atoms with Crippen LogP contribution in [0.15, 0.2) is 24.3 Å². The van der Waals surface area contributed by atoms with E-state index in [2.05, 4.69) is 0 Å². The van der Waals surface area contributed by atoms with Gasteiger partial charge in [0.2, 0.25) is 0 Å². The molecule has 0 saturated heterocycles. The normalized spacial score (nSPS) is 16.9. The van der Waals surface area contributed by atoms with E-state index in [0.717, 1.165) is 36.1 Å². The Kier molecular flexibility index (Phi) is 2.95. The van der Waals surface area contributed by atoms with Crippen molar-refractivity contribution in [2.75, 3.05) is 7.11 Å². The van der Waals surface area contributed by atoms with Crippen molar-refractivity contribution in [3.05, 3.63) is 35.4 Å². The molecule has 16 heavy (non-hydrogen) atoms. The van der Waals surface area contributed by atoms with Gasteiger partial charge < -0.3 is 9.84 Å². The Morgan fingerprint density at radius 3 is 2.94 bits per heavy atom. The maximum atomic E-state index is 10.7. The van der Waals surface area contributed by atoms with Crippen molar-refractivity contribution < 1.29 is 14.6 Å². The third-order valence-electron chi connectivity index (χ3n) is 2.85. The summed E-state index contributed by atoms with van der Waals surface area (Å²) >= 11 is 0. The van der Waals surface area contributed by atoms with Crippen molar-refractivity contribution in [3.63, 3.8) is 0 Å². The second kappa shape index (κ2) is 4.39. The summed E-state index contributed by atoms with van der Waals surface area (Å²) in [5, 5.41) is 8.81. The number of methoxy groups -OCH3 is 1. The van der Waals surface area contributed by atoms with Crippen LogP contribution in [-0.4, -0.2) is 18.2 Å². The maximum absolute atomic E-state index is 10.7. The van der Waals surface area contributed by atoms with Crippen molar-refractivity contribution in [1.82, 2.24) is 0 Å². The van der Waals surface area contributed by atoms with Crippen LogP contribution in [-0.2, 0) is 11.2 Å². The predicted molar refractivity (Wildman–Crippen MR) is 61.5 cm³/mol. The lowest BCUT2D eigenvalue weighted by atomic mass is 9.87. The molecule has 0 aromatic heterocycles. The Labute approximate surface area is 94.4 Å². The van der Waals surface area contributed by atoms with E-state index >= 15 is 0 Å². The molecule has 0 heterocycles. The number of aryl methyl sites for hydroxylation is 1. The van der Waals surface area contributed by atoms with Gasteiger partial charge in [-0.1, -0.05) is 6.07 Å². The Morgan fingerprint density at radius 1 is 1.44 bits per heavy atom. The van der Waals surface area contributed by atoms with Crippen molar-refractivity contribution in [2.45, 2.75) is 19.3 Å². The van der Waals surface area contributed by atoms with Crippen LogP contribution in [0.25, 0.3) is 5.57 Å². The lowest BCUT2D eigenvalue weighted by Crippen LogP contribution is -2.04. The summed E-state index contributed by atoms with van der Waals surface area (Å²) in [6.07, 6.45) is 4.15. The van der Waals surface area contributed by atoms with Crippen molar-refractivity contribution in [2.24, 2.45) is 0 Å². The van der Waals surface area contributed by atoms with E-state index < -0.39 is 5.97 Å². The van der Waals surface area contributed by atoms with Gasteiger partial charge in [-0.2, -0.15) is 0 Å². The third-order valence-corrected chi connectivity index (χ3v) is 2.85. The first kappa shape index (κ1) is 10.7. The number of carboxylic acid groups (broad SMARTS) is 1. The second-order valence-corrected chi connectivity index (χ2v) is 3.88. The Morgan fingerprint density at radius 2 is 2.25 bits per heavy atom. The molecule has 0 fully saturated rings. The van der Waals surface area contributed by atoms with Crippen molar-refractivity contribution in [3.8, 4) is 5.75 Å². The highest BCUT2D eigenvalue weighted by Gasteiger charge is 2.15. The van der Waals surface area contributed by atoms with Crippen LogP contribution in [0.3, 0.4) is 0 Å². The van der Waals surface area contributed by atoms with Gasteiger partial charge in [0.1, 0.15) is 5.75 Å². The van der Waals surface area contributed by atoms with E-state index in [4.69, 9.17) is 9.84 Å². The molecule has 1 N–H and O–H groups in total. The van der Waals surface area contributed by atoms with Gasteiger partial charge in [0.25, 0.3) is 0 Å². The lowest BCUT2D eigenvalue weighted by Gasteiger charge is -2.19. The Balaban J connectivity index is 2.47. The van der Waals surface area contributed by atoms with E-state index in [0.29, 0.717) is 0 Å². The predicted octanol–water partition coefficient (Wildman–Crippen LogP) is 2.50. The van der Waals surface area contributed by atoms with Crippen LogP contribution in [0, 0.1) is 0 Å². The smallest absolute Gasteiger partial charge is 0.328 e. The maximum Gasteiger partial charge on any atom is 0.328 e. The standard InChI is InChI=1S/C13H14O3/c1-16-11-6-5-9-3-2-4-10(7-13(14)15)12(9)8-11/h5-8H,2-4H2,1H3,(H,14,15). The van der Waals surface area contributed by atoms with E-state index in [9.17, 15) is 4.79 Å². The SMILES string of the molecule is COc1ccc2c(c1)C(=CC(=O)O)CCC2. The Hall–Kier alpha value is -1.77. The third kappa shape index (κ3) is 2.08. The molecule has 3 nitrogen and oxygen atoms in total. The average Bonchev–Trinajstić information content (AvgIpc) is 2.28. The fraction of sp³-hybridized carbons (Fsp3) is 0.308. The number of fused-ring (bicyclic) bond motifs is 1. The summed E-state index contributed by atoms with van der Waals surface area (Å²) in [5.74, 6) is -0.109. The highest BCUT2D eigenvalue weighted by molar-refractivity contribution is 5.91. The Bertz CT molecular complexity index is 446. The molecule has 1 aliphatic carbocycles. The minimum absolute atomic E-state index is 0.775. The number of hydrogen-bond donors (Lipinski definition) is 1. The lowest BCUT2D eigenvalue weighted by molar-refractivity contribution is -0.131. The van der Waals surface area contributed by atoms with Crippen LogP contribution >= 0.6 is 0 Å². The van der Waals surface area contributed by atoms with Gasteiger partial charge in [-0.3, -0.25) is 0 Å². The summed E-state index contributed by atoms with van der Waals surface area (Å²) < 4.78 is 5.16. The van der Waals surface area contributed by atoms with E-state index in [1.165, 1.54) is 11.6 Å². The number of carbonyl (C=O) groups is 1. The molecule has 0 aliphatic heterocycles. The van der Waals surface area contributed by atoms with Crippen molar-refractivity contribution in [1.29, 1.82) is 0 Å². The fourth-order valence-electron chi connectivity index (χ4n) is 2.10. The molecule has 0 atom stereocenters. The zero-order chi connectivity index (χ0) is 11.5. The van der Waals surface area contributed by atoms with Crippen LogP contribution in [0.1, 0.15) is 24.0 Å². The minimum atomic E-state index is -0.884. The first-order chi connectivity index (χ1) is 7.70. The molecule has 1 aromatic carbocycles. The molecule has 3 heteroatoms. The van der Waals surface area contributed by atoms with Crippen molar-refractivity contribution >= 4 is 11.5 Å². The van der Waals surface area contributed by atoms with Gasteiger partial charge in [0, 0.05) is 6.08 Å². The highest BCUT2D eigenvalue weighted by Crippen LogP contribution is 2.33. The van der Waals surface area contributed by atoms with Gasteiger partial charge >= 0.3 is 5.97 Å². The van der Waals surface area contributed by atoms with E-state index in [-0.39, 0.29) is 0 Å². The average molecular weight is 218 g/mol. The number of aliphatic carboxylic acids is 1. The molecule has 0 saturated carbocycles. The number of ether oxygens (including phenoxy) is 1. The molecule has 0 radical (unpaired) electrons. The largest absolute Gasteiger partial charge is 0.497 e. The van der Waals surface area contributed by atoms with Crippen LogP contribution in [0.4, 0.5) is 0 Å². The van der Waals surface area contributed by atoms with Gasteiger partial charge in [0.15, 0.2) is 0 Å². The quantitative estimate of drug-likeness (QED) is 0.776. The summed E-state index contributed by atoms with van der Waals surface area (Å²) in [7, 11) is 1.62. The number of benzene rings is 1. The summed E-state index contributed by atoms with van der Waals surface area (Å²) in [5.41, 5.74) is 3.13. The van der Waals surface area contributed by atoms with Gasteiger partial charge in [0.05, 0.1) is 7.11 Å².